The summed E-state index contributed by atoms with van der Waals surface area (Å²) in [5.74, 6) is 1.74. The van der Waals surface area contributed by atoms with Crippen LogP contribution in [0.25, 0.3) is 0 Å². The molecule has 1 aliphatic heterocycles. The standard InChI is InChI=1S/C12H22N4O/c1-4-13-10(3)9(2)11-14-12(15-17-11)16-7-5-6-8-16/h9-10,13H,4-8H2,1-3H3. The molecular weight excluding hydrogens is 216 g/mol. The van der Waals surface area contributed by atoms with E-state index in [0.29, 0.717) is 6.04 Å². The van der Waals surface area contributed by atoms with Gasteiger partial charge in [-0.15, -0.1) is 0 Å². The molecule has 1 aliphatic rings. The van der Waals surface area contributed by atoms with Crippen LogP contribution in [0, 0.1) is 0 Å². The van der Waals surface area contributed by atoms with E-state index in [9.17, 15) is 0 Å². The number of anilines is 1. The first-order valence-corrected chi connectivity index (χ1v) is 6.54. The van der Waals surface area contributed by atoms with Gasteiger partial charge in [-0.05, 0) is 31.5 Å². The molecule has 1 fully saturated rings. The van der Waals surface area contributed by atoms with Crippen molar-refractivity contribution in [3.8, 4) is 0 Å². The first kappa shape index (κ1) is 12.4. The molecule has 0 spiro atoms. The van der Waals surface area contributed by atoms with Gasteiger partial charge in [0.1, 0.15) is 0 Å². The zero-order valence-electron chi connectivity index (χ0n) is 10.9. The van der Waals surface area contributed by atoms with Crippen LogP contribution in [0.1, 0.15) is 45.4 Å². The summed E-state index contributed by atoms with van der Waals surface area (Å²) in [5, 5.41) is 7.45. The molecule has 0 aromatic carbocycles. The Labute approximate surface area is 103 Å². The third kappa shape index (κ3) is 2.77. The van der Waals surface area contributed by atoms with Crippen LogP contribution < -0.4 is 10.2 Å². The van der Waals surface area contributed by atoms with Crippen molar-refractivity contribution in [2.75, 3.05) is 24.5 Å². The summed E-state index contributed by atoms with van der Waals surface area (Å²) in [7, 11) is 0. The molecule has 0 aliphatic carbocycles. The normalized spacial score (nSPS) is 19.6. The molecule has 96 valence electrons. The molecule has 2 unspecified atom stereocenters. The lowest BCUT2D eigenvalue weighted by Crippen LogP contribution is -2.30. The van der Waals surface area contributed by atoms with Crippen LogP contribution in [-0.4, -0.2) is 35.8 Å². The van der Waals surface area contributed by atoms with E-state index in [1.807, 2.05) is 0 Å². The van der Waals surface area contributed by atoms with Crippen LogP contribution in [0.4, 0.5) is 5.95 Å². The van der Waals surface area contributed by atoms with Crippen LogP contribution in [0.3, 0.4) is 0 Å². The van der Waals surface area contributed by atoms with Gasteiger partial charge in [0.25, 0.3) is 5.95 Å². The summed E-state index contributed by atoms with van der Waals surface area (Å²) >= 11 is 0. The summed E-state index contributed by atoms with van der Waals surface area (Å²) in [5.41, 5.74) is 0. The SMILES string of the molecule is CCNC(C)C(C)c1nc(N2CCCC2)no1. The maximum Gasteiger partial charge on any atom is 0.266 e. The fraction of sp³-hybridized carbons (Fsp3) is 0.833. The molecule has 1 aromatic rings. The van der Waals surface area contributed by atoms with Crippen molar-refractivity contribution >= 4 is 5.95 Å². The van der Waals surface area contributed by atoms with E-state index in [2.05, 4.69) is 41.1 Å². The van der Waals surface area contributed by atoms with Crippen molar-refractivity contribution in [2.24, 2.45) is 0 Å². The molecule has 0 bridgehead atoms. The molecule has 1 aromatic heterocycles. The highest BCUT2D eigenvalue weighted by molar-refractivity contribution is 5.29. The van der Waals surface area contributed by atoms with E-state index < -0.39 is 0 Å². The predicted molar refractivity (Wildman–Crippen MR) is 67.3 cm³/mol. The Morgan fingerprint density at radius 1 is 1.35 bits per heavy atom. The molecule has 1 N–H and O–H groups in total. The summed E-state index contributed by atoms with van der Waals surface area (Å²) in [6.45, 7) is 9.43. The molecule has 2 atom stereocenters. The monoisotopic (exact) mass is 238 g/mol. The number of nitrogens with zero attached hydrogens (tertiary/aromatic N) is 3. The van der Waals surface area contributed by atoms with Crippen molar-refractivity contribution in [2.45, 2.75) is 45.6 Å². The zero-order chi connectivity index (χ0) is 12.3. The first-order valence-electron chi connectivity index (χ1n) is 6.54. The summed E-state index contributed by atoms with van der Waals surface area (Å²) in [6, 6.07) is 0.354. The molecule has 2 rings (SSSR count). The van der Waals surface area contributed by atoms with Crippen LogP contribution in [0.2, 0.25) is 0 Å². The maximum absolute atomic E-state index is 5.36. The van der Waals surface area contributed by atoms with Crippen molar-refractivity contribution in [3.05, 3.63) is 5.89 Å². The lowest BCUT2D eigenvalue weighted by molar-refractivity contribution is 0.332. The van der Waals surface area contributed by atoms with E-state index in [1.165, 1.54) is 12.8 Å². The second kappa shape index (κ2) is 5.49. The molecule has 0 radical (unpaired) electrons. The number of hydrogen-bond donors (Lipinski definition) is 1. The average Bonchev–Trinajstić information content (AvgIpc) is 2.98. The minimum atomic E-state index is 0.249. The van der Waals surface area contributed by atoms with Gasteiger partial charge in [0.2, 0.25) is 5.89 Å². The third-order valence-electron chi connectivity index (χ3n) is 3.49. The van der Waals surface area contributed by atoms with E-state index >= 15 is 0 Å². The number of rotatable bonds is 5. The Morgan fingerprint density at radius 2 is 2.06 bits per heavy atom. The molecular formula is C12H22N4O. The summed E-state index contributed by atoms with van der Waals surface area (Å²) in [6.07, 6.45) is 2.46. The van der Waals surface area contributed by atoms with Gasteiger partial charge in [0.15, 0.2) is 0 Å². The van der Waals surface area contributed by atoms with Gasteiger partial charge in [-0.1, -0.05) is 13.8 Å². The third-order valence-corrected chi connectivity index (χ3v) is 3.49. The molecule has 1 saturated heterocycles. The largest absolute Gasteiger partial charge is 0.338 e. The van der Waals surface area contributed by atoms with Crippen molar-refractivity contribution in [3.63, 3.8) is 0 Å². The molecule has 17 heavy (non-hydrogen) atoms. The number of likely N-dealkylation sites (N-methyl/N-ethyl adjacent to an activating group) is 1. The zero-order valence-corrected chi connectivity index (χ0v) is 10.9. The van der Waals surface area contributed by atoms with Crippen LogP contribution >= 0.6 is 0 Å². The smallest absolute Gasteiger partial charge is 0.266 e. The molecule has 0 saturated carbocycles. The quantitative estimate of drug-likeness (QED) is 0.847. The Bertz CT molecular complexity index is 346. The minimum Gasteiger partial charge on any atom is -0.338 e. The highest BCUT2D eigenvalue weighted by Gasteiger charge is 2.23. The summed E-state index contributed by atoms with van der Waals surface area (Å²) in [4.78, 5) is 6.70. The van der Waals surface area contributed by atoms with Crippen LogP contribution in [-0.2, 0) is 0 Å². The van der Waals surface area contributed by atoms with Gasteiger partial charge in [-0.3, -0.25) is 0 Å². The van der Waals surface area contributed by atoms with Gasteiger partial charge in [-0.25, -0.2) is 0 Å². The Kier molecular flexibility index (Phi) is 3.99. The van der Waals surface area contributed by atoms with Crippen molar-refractivity contribution < 1.29 is 4.52 Å². The molecule has 2 heterocycles. The number of nitrogens with one attached hydrogen (secondary N) is 1. The second-order valence-corrected chi connectivity index (χ2v) is 4.76. The maximum atomic E-state index is 5.36. The Morgan fingerprint density at radius 3 is 2.71 bits per heavy atom. The minimum absolute atomic E-state index is 0.249. The first-order chi connectivity index (χ1) is 8.22. The average molecular weight is 238 g/mol. The fourth-order valence-corrected chi connectivity index (χ4v) is 2.17. The molecule has 5 nitrogen and oxygen atoms in total. The van der Waals surface area contributed by atoms with Crippen LogP contribution in [0.15, 0.2) is 4.52 Å². The van der Waals surface area contributed by atoms with E-state index in [1.54, 1.807) is 0 Å². The van der Waals surface area contributed by atoms with Crippen LogP contribution in [0.5, 0.6) is 0 Å². The van der Waals surface area contributed by atoms with E-state index in [-0.39, 0.29) is 5.92 Å². The summed E-state index contributed by atoms with van der Waals surface area (Å²) < 4.78 is 5.36. The van der Waals surface area contributed by atoms with Gasteiger partial charge < -0.3 is 14.7 Å². The highest BCUT2D eigenvalue weighted by Crippen LogP contribution is 2.22. The Hall–Kier alpha value is -1.10. The topological polar surface area (TPSA) is 54.2 Å². The number of hydrogen-bond acceptors (Lipinski definition) is 5. The van der Waals surface area contributed by atoms with Gasteiger partial charge in [0, 0.05) is 19.1 Å². The lowest BCUT2D eigenvalue weighted by atomic mass is 10.0. The highest BCUT2D eigenvalue weighted by atomic mass is 16.5. The van der Waals surface area contributed by atoms with Gasteiger partial charge in [0.05, 0.1) is 5.92 Å². The molecule has 0 amide bonds. The van der Waals surface area contributed by atoms with Gasteiger partial charge >= 0.3 is 0 Å². The molecule has 5 heteroatoms. The number of aromatic nitrogens is 2. The second-order valence-electron chi connectivity index (χ2n) is 4.76. The van der Waals surface area contributed by atoms with Crippen molar-refractivity contribution in [1.82, 2.24) is 15.5 Å². The Balaban J connectivity index is 2.01. The predicted octanol–water partition coefficient (Wildman–Crippen LogP) is 1.77. The van der Waals surface area contributed by atoms with E-state index in [0.717, 1.165) is 31.5 Å². The van der Waals surface area contributed by atoms with Gasteiger partial charge in [-0.2, -0.15) is 4.98 Å². The van der Waals surface area contributed by atoms with E-state index in [4.69, 9.17) is 4.52 Å². The lowest BCUT2D eigenvalue weighted by Gasteiger charge is -2.16. The van der Waals surface area contributed by atoms with Crippen molar-refractivity contribution in [1.29, 1.82) is 0 Å². The fourth-order valence-electron chi connectivity index (χ4n) is 2.17.